The van der Waals surface area contributed by atoms with Crippen LogP contribution in [0.25, 0.3) is 0 Å². The Balaban J connectivity index is 0. The van der Waals surface area contributed by atoms with Gasteiger partial charge in [-0.2, -0.15) is 0 Å². The van der Waals surface area contributed by atoms with Crippen LogP contribution in [0.2, 0.25) is 0 Å². The molecule has 2 nitrogen and oxygen atoms in total. The first-order valence-electron chi connectivity index (χ1n) is 2.88. The number of methoxy groups -OCH3 is 1. The molecule has 1 radical (unpaired) electrons. The molecule has 0 aliphatic rings. The smallest absolute Gasteiger partial charge is 0.305 e. The van der Waals surface area contributed by atoms with Gasteiger partial charge in [-0.15, -0.1) is 0 Å². The second-order valence-electron chi connectivity index (χ2n) is 1.68. The van der Waals surface area contributed by atoms with Gasteiger partial charge < -0.3 is 4.74 Å². The third-order valence-corrected chi connectivity index (χ3v) is 0.962. The van der Waals surface area contributed by atoms with Crippen molar-refractivity contribution in [1.82, 2.24) is 0 Å². The number of esters is 1. The first kappa shape index (κ1) is 12.2. The van der Waals surface area contributed by atoms with Crippen LogP contribution in [0.5, 0.6) is 0 Å². The Morgan fingerprint density at radius 1 is 1.56 bits per heavy atom. The maximum absolute atomic E-state index is 10.3. The summed E-state index contributed by atoms with van der Waals surface area (Å²) in [5, 5.41) is 0. The van der Waals surface area contributed by atoms with Crippen molar-refractivity contribution in [1.29, 1.82) is 0 Å². The van der Waals surface area contributed by atoms with Gasteiger partial charge in [0.2, 0.25) is 0 Å². The summed E-state index contributed by atoms with van der Waals surface area (Å²) in [7, 11) is 1.41. The van der Waals surface area contributed by atoms with Crippen LogP contribution >= 0.6 is 0 Å². The van der Waals surface area contributed by atoms with Gasteiger partial charge in [0, 0.05) is 36.0 Å². The van der Waals surface area contributed by atoms with Crippen LogP contribution in [0.3, 0.4) is 0 Å². The minimum absolute atomic E-state index is 0. The molecular weight excluding hydrogens is 127 g/mol. The normalized spacial score (nSPS) is 7.78. The van der Waals surface area contributed by atoms with Gasteiger partial charge in [0.15, 0.2) is 0 Å². The third kappa shape index (κ3) is 8.47. The van der Waals surface area contributed by atoms with Crippen LogP contribution in [0.15, 0.2) is 0 Å². The summed E-state index contributed by atoms with van der Waals surface area (Å²) < 4.78 is 4.41. The summed E-state index contributed by atoms with van der Waals surface area (Å²) in [6, 6.07) is 0. The molecule has 0 N–H and O–H groups in total. The Labute approximate surface area is 78.3 Å². The van der Waals surface area contributed by atoms with Gasteiger partial charge in [-0.1, -0.05) is 13.3 Å². The molecule has 0 rings (SSSR count). The summed E-state index contributed by atoms with van der Waals surface area (Å²) in [4.78, 5) is 10.3. The number of hydrogen-bond acceptors (Lipinski definition) is 2. The molecule has 0 aliphatic heterocycles. The Kier molecular flexibility index (Phi) is 11.5. The second kappa shape index (κ2) is 8.47. The average Bonchev–Trinajstić information content (AvgIpc) is 1.83. The van der Waals surface area contributed by atoms with E-state index >= 15 is 0 Å². The molecular formula is C6H12NaO2. The summed E-state index contributed by atoms with van der Waals surface area (Å²) in [6.45, 7) is 2.04. The standard InChI is InChI=1S/C6H12O2.Na/c1-3-4-5-6(7)8-2;/h3-5H2,1-2H3;. The van der Waals surface area contributed by atoms with Crippen molar-refractivity contribution in [3.8, 4) is 0 Å². The molecule has 9 heavy (non-hydrogen) atoms. The predicted octanol–water partition coefficient (Wildman–Crippen LogP) is 0.969. The molecule has 0 aromatic carbocycles. The molecule has 49 valence electrons. The summed E-state index contributed by atoms with van der Waals surface area (Å²) in [5.41, 5.74) is 0. The Bertz CT molecular complexity index is 73.5. The van der Waals surface area contributed by atoms with Crippen molar-refractivity contribution in [3.05, 3.63) is 0 Å². The number of hydrogen-bond donors (Lipinski definition) is 0. The fraction of sp³-hybridized carbons (Fsp3) is 0.833. The molecule has 0 fully saturated rings. The monoisotopic (exact) mass is 139 g/mol. The van der Waals surface area contributed by atoms with Gasteiger partial charge >= 0.3 is 5.97 Å². The predicted molar refractivity (Wildman–Crippen MR) is 37.3 cm³/mol. The van der Waals surface area contributed by atoms with Gasteiger partial charge in [-0.05, 0) is 6.42 Å². The third-order valence-electron chi connectivity index (χ3n) is 0.962. The van der Waals surface area contributed by atoms with E-state index in [1.165, 1.54) is 7.11 Å². The molecule has 0 unspecified atom stereocenters. The summed E-state index contributed by atoms with van der Waals surface area (Å²) in [6.07, 6.45) is 2.55. The first-order valence-corrected chi connectivity index (χ1v) is 2.88. The van der Waals surface area contributed by atoms with Crippen molar-refractivity contribution in [2.75, 3.05) is 7.11 Å². The molecule has 3 heteroatoms. The molecule has 0 bridgehead atoms. The molecule has 0 heterocycles. The molecule has 0 aliphatic carbocycles. The summed E-state index contributed by atoms with van der Waals surface area (Å²) >= 11 is 0. The van der Waals surface area contributed by atoms with Crippen molar-refractivity contribution in [2.45, 2.75) is 26.2 Å². The zero-order valence-electron chi connectivity index (χ0n) is 6.44. The Hall–Kier alpha value is 0.470. The topological polar surface area (TPSA) is 26.3 Å². The summed E-state index contributed by atoms with van der Waals surface area (Å²) in [5.74, 6) is -0.105. The van der Waals surface area contributed by atoms with Gasteiger partial charge in [-0.25, -0.2) is 0 Å². The van der Waals surface area contributed by atoms with Crippen LogP contribution in [-0.2, 0) is 9.53 Å². The molecule has 0 spiro atoms. The fourth-order valence-corrected chi connectivity index (χ4v) is 0.423. The fourth-order valence-electron chi connectivity index (χ4n) is 0.423. The zero-order valence-corrected chi connectivity index (χ0v) is 8.44. The first-order chi connectivity index (χ1) is 3.81. The molecule has 0 aromatic rings. The van der Waals surface area contributed by atoms with Gasteiger partial charge in [0.05, 0.1) is 7.11 Å². The second-order valence-corrected chi connectivity index (χ2v) is 1.68. The van der Waals surface area contributed by atoms with E-state index in [1.54, 1.807) is 0 Å². The average molecular weight is 139 g/mol. The molecule has 0 atom stereocenters. The van der Waals surface area contributed by atoms with E-state index in [-0.39, 0.29) is 35.5 Å². The maximum atomic E-state index is 10.3. The number of rotatable bonds is 3. The van der Waals surface area contributed by atoms with Crippen LogP contribution in [0.1, 0.15) is 26.2 Å². The van der Waals surface area contributed by atoms with E-state index in [4.69, 9.17) is 0 Å². The Morgan fingerprint density at radius 2 is 2.11 bits per heavy atom. The van der Waals surface area contributed by atoms with Crippen molar-refractivity contribution in [2.24, 2.45) is 0 Å². The maximum Gasteiger partial charge on any atom is 0.305 e. The molecule has 0 saturated carbocycles. The van der Waals surface area contributed by atoms with Crippen LogP contribution in [0.4, 0.5) is 0 Å². The van der Waals surface area contributed by atoms with Crippen molar-refractivity contribution in [3.63, 3.8) is 0 Å². The van der Waals surface area contributed by atoms with E-state index < -0.39 is 0 Å². The zero-order chi connectivity index (χ0) is 6.41. The molecule has 0 saturated heterocycles. The number of carbonyl (C=O) groups is 1. The number of carbonyl (C=O) groups excluding carboxylic acids is 1. The molecule has 0 amide bonds. The van der Waals surface area contributed by atoms with Crippen LogP contribution in [0, 0.1) is 0 Å². The number of unbranched alkanes of at least 4 members (excludes halogenated alkanes) is 1. The van der Waals surface area contributed by atoms with Crippen molar-refractivity contribution < 1.29 is 9.53 Å². The van der Waals surface area contributed by atoms with E-state index in [2.05, 4.69) is 4.74 Å². The minimum Gasteiger partial charge on any atom is -0.469 e. The Morgan fingerprint density at radius 3 is 2.44 bits per heavy atom. The quantitative estimate of drug-likeness (QED) is 0.430. The van der Waals surface area contributed by atoms with Gasteiger partial charge in [-0.3, -0.25) is 4.79 Å². The van der Waals surface area contributed by atoms with Crippen LogP contribution in [-0.4, -0.2) is 42.6 Å². The largest absolute Gasteiger partial charge is 0.469 e. The van der Waals surface area contributed by atoms with Crippen LogP contribution < -0.4 is 0 Å². The minimum atomic E-state index is -0.105. The van der Waals surface area contributed by atoms with E-state index in [9.17, 15) is 4.79 Å². The SMILES string of the molecule is CCCCC(=O)OC.[Na]. The van der Waals surface area contributed by atoms with Gasteiger partial charge in [0.25, 0.3) is 0 Å². The van der Waals surface area contributed by atoms with Gasteiger partial charge in [0.1, 0.15) is 0 Å². The van der Waals surface area contributed by atoms with Crippen molar-refractivity contribution >= 4 is 35.5 Å². The van der Waals surface area contributed by atoms with E-state index in [1.807, 2.05) is 6.92 Å². The van der Waals surface area contributed by atoms with E-state index in [0.29, 0.717) is 6.42 Å². The molecule has 0 aromatic heterocycles. The van der Waals surface area contributed by atoms with E-state index in [0.717, 1.165) is 12.8 Å². The number of ether oxygens (including phenoxy) is 1.